The molecule has 0 radical (unpaired) electrons. The van der Waals surface area contributed by atoms with Crippen molar-refractivity contribution in [3.05, 3.63) is 35.4 Å². The van der Waals surface area contributed by atoms with Crippen molar-refractivity contribution >= 4 is 11.8 Å². The van der Waals surface area contributed by atoms with Gasteiger partial charge in [0.15, 0.2) is 0 Å². The maximum Gasteiger partial charge on any atom is 0.222 e. The van der Waals surface area contributed by atoms with Crippen LogP contribution in [0.1, 0.15) is 36.9 Å². The Morgan fingerprint density at radius 1 is 1.32 bits per heavy atom. The lowest BCUT2D eigenvalue weighted by Gasteiger charge is -2.19. The molecule has 0 unspecified atom stereocenters. The van der Waals surface area contributed by atoms with E-state index < -0.39 is 0 Å². The number of rotatable bonds is 6. The number of aryl methyl sites for hydroxylation is 1. The van der Waals surface area contributed by atoms with Crippen LogP contribution in [0.3, 0.4) is 0 Å². The minimum absolute atomic E-state index is 0.0498. The van der Waals surface area contributed by atoms with Crippen LogP contribution in [-0.2, 0) is 14.3 Å². The molecule has 120 valence electrons. The first-order valence-electron chi connectivity index (χ1n) is 7.72. The number of hydrogen-bond acceptors (Lipinski definition) is 3. The maximum atomic E-state index is 12.1. The summed E-state index contributed by atoms with van der Waals surface area (Å²) in [6.07, 6.45) is 1.24. The molecule has 2 atom stereocenters. The minimum Gasteiger partial charge on any atom is -0.381 e. The summed E-state index contributed by atoms with van der Waals surface area (Å²) in [4.78, 5) is 23.5. The number of carbonyl (C=O) groups is 2. The van der Waals surface area contributed by atoms with Crippen LogP contribution in [0.2, 0.25) is 0 Å². The topological polar surface area (TPSA) is 67.4 Å². The molecule has 0 spiro atoms. The molecule has 0 aliphatic carbocycles. The van der Waals surface area contributed by atoms with Crippen LogP contribution in [-0.4, -0.2) is 31.6 Å². The number of carbonyl (C=O) groups excluding carboxylic acids is 2. The summed E-state index contributed by atoms with van der Waals surface area (Å²) in [5.41, 5.74) is 2.09. The van der Waals surface area contributed by atoms with Crippen LogP contribution in [0, 0.1) is 12.8 Å². The highest BCUT2D eigenvalue weighted by atomic mass is 16.5. The largest absolute Gasteiger partial charge is 0.381 e. The zero-order valence-corrected chi connectivity index (χ0v) is 13.2. The molecule has 2 rings (SSSR count). The highest BCUT2D eigenvalue weighted by Gasteiger charge is 2.19. The average molecular weight is 304 g/mol. The zero-order valence-electron chi connectivity index (χ0n) is 13.2. The minimum atomic E-state index is -0.294. The zero-order chi connectivity index (χ0) is 15.9. The van der Waals surface area contributed by atoms with Gasteiger partial charge in [-0.05, 0) is 18.9 Å². The Morgan fingerprint density at radius 3 is 2.64 bits per heavy atom. The summed E-state index contributed by atoms with van der Waals surface area (Å²) in [5.74, 6) is 0.219. The first kappa shape index (κ1) is 16.5. The molecule has 2 N–H and O–H groups in total. The third kappa shape index (κ3) is 5.15. The molecule has 1 aliphatic rings. The summed E-state index contributed by atoms with van der Waals surface area (Å²) >= 11 is 0. The second kappa shape index (κ2) is 7.94. The van der Waals surface area contributed by atoms with E-state index in [4.69, 9.17) is 4.74 Å². The fraction of sp³-hybridized carbons (Fsp3) is 0.529. The van der Waals surface area contributed by atoms with Crippen LogP contribution in [0.4, 0.5) is 0 Å². The molecule has 1 aromatic rings. The van der Waals surface area contributed by atoms with E-state index >= 15 is 0 Å². The predicted octanol–water partition coefficient (Wildman–Crippen LogP) is 1.72. The van der Waals surface area contributed by atoms with Crippen molar-refractivity contribution in [1.29, 1.82) is 0 Å². The fourth-order valence-corrected chi connectivity index (χ4v) is 2.56. The van der Waals surface area contributed by atoms with Crippen molar-refractivity contribution in [2.75, 3.05) is 19.8 Å². The Hall–Kier alpha value is -1.88. The van der Waals surface area contributed by atoms with Gasteiger partial charge in [0.2, 0.25) is 11.8 Å². The van der Waals surface area contributed by atoms with E-state index in [0.29, 0.717) is 19.1 Å². The van der Waals surface area contributed by atoms with E-state index in [0.717, 1.165) is 24.2 Å². The Balaban J connectivity index is 1.91. The van der Waals surface area contributed by atoms with Gasteiger partial charge in [0.05, 0.1) is 19.1 Å². The standard InChI is InChI=1S/C17H24N2O3/c1-12-3-5-15(6-4-12)16(19-13(2)20)9-17(21)18-10-14-7-8-22-11-14/h3-6,14,16H,7-11H2,1-2H3,(H,18,21)(H,19,20)/t14-,16-/m0/s1. The SMILES string of the molecule is CC(=O)N[C@@H](CC(=O)NC[C@@H]1CCOC1)c1ccc(C)cc1. The number of hydrogen-bond donors (Lipinski definition) is 2. The third-order valence-corrected chi connectivity index (χ3v) is 3.86. The fourth-order valence-electron chi connectivity index (χ4n) is 2.56. The van der Waals surface area contributed by atoms with Crippen molar-refractivity contribution in [2.24, 2.45) is 5.92 Å². The van der Waals surface area contributed by atoms with Gasteiger partial charge in [-0.1, -0.05) is 29.8 Å². The summed E-state index contributed by atoms with van der Waals surface area (Å²) in [6.45, 7) is 5.61. The maximum absolute atomic E-state index is 12.1. The van der Waals surface area contributed by atoms with E-state index in [-0.39, 0.29) is 24.3 Å². The first-order valence-corrected chi connectivity index (χ1v) is 7.72. The molecule has 1 aromatic carbocycles. The molecule has 22 heavy (non-hydrogen) atoms. The van der Waals surface area contributed by atoms with Gasteiger partial charge in [-0.2, -0.15) is 0 Å². The number of nitrogens with one attached hydrogen (secondary N) is 2. The molecule has 1 heterocycles. The van der Waals surface area contributed by atoms with Crippen molar-refractivity contribution in [3.63, 3.8) is 0 Å². The summed E-state index contributed by atoms with van der Waals surface area (Å²) in [5, 5.41) is 5.79. The van der Waals surface area contributed by atoms with Gasteiger partial charge >= 0.3 is 0 Å². The van der Waals surface area contributed by atoms with E-state index in [2.05, 4.69) is 10.6 Å². The molecule has 5 nitrogen and oxygen atoms in total. The van der Waals surface area contributed by atoms with Crippen molar-refractivity contribution in [3.8, 4) is 0 Å². The molecule has 2 amide bonds. The van der Waals surface area contributed by atoms with Crippen molar-refractivity contribution in [1.82, 2.24) is 10.6 Å². The summed E-state index contributed by atoms with van der Waals surface area (Å²) in [7, 11) is 0. The van der Waals surface area contributed by atoms with Crippen molar-refractivity contribution in [2.45, 2.75) is 32.7 Å². The average Bonchev–Trinajstić information content (AvgIpc) is 2.98. The van der Waals surface area contributed by atoms with Crippen LogP contribution in [0.15, 0.2) is 24.3 Å². The van der Waals surface area contributed by atoms with Gasteiger partial charge in [-0.15, -0.1) is 0 Å². The van der Waals surface area contributed by atoms with E-state index in [1.54, 1.807) is 0 Å². The molecule has 0 saturated carbocycles. The van der Waals surface area contributed by atoms with E-state index in [1.165, 1.54) is 6.92 Å². The Labute approximate surface area is 131 Å². The van der Waals surface area contributed by atoms with Gasteiger partial charge in [0.1, 0.15) is 0 Å². The van der Waals surface area contributed by atoms with Crippen molar-refractivity contribution < 1.29 is 14.3 Å². The molecule has 5 heteroatoms. The molecular weight excluding hydrogens is 280 g/mol. The van der Waals surface area contributed by atoms with Crippen LogP contribution in [0.25, 0.3) is 0 Å². The smallest absolute Gasteiger partial charge is 0.222 e. The van der Waals surface area contributed by atoms with E-state index in [9.17, 15) is 9.59 Å². The van der Waals surface area contributed by atoms with Crippen LogP contribution < -0.4 is 10.6 Å². The molecular formula is C17H24N2O3. The number of ether oxygens (including phenoxy) is 1. The lowest BCUT2D eigenvalue weighted by molar-refractivity contribution is -0.122. The van der Waals surface area contributed by atoms with Crippen LogP contribution in [0.5, 0.6) is 0 Å². The molecule has 0 bridgehead atoms. The quantitative estimate of drug-likeness (QED) is 0.841. The van der Waals surface area contributed by atoms with Crippen LogP contribution >= 0.6 is 0 Å². The lowest BCUT2D eigenvalue weighted by atomic mass is 10.0. The second-order valence-electron chi connectivity index (χ2n) is 5.90. The van der Waals surface area contributed by atoms with Gasteiger partial charge < -0.3 is 15.4 Å². The van der Waals surface area contributed by atoms with Gasteiger partial charge in [-0.25, -0.2) is 0 Å². The number of benzene rings is 1. The summed E-state index contributed by atoms with van der Waals surface area (Å²) < 4.78 is 5.30. The molecule has 1 saturated heterocycles. The Kier molecular flexibility index (Phi) is 5.95. The third-order valence-electron chi connectivity index (χ3n) is 3.86. The molecule has 1 fully saturated rings. The normalized spacial score (nSPS) is 18.7. The second-order valence-corrected chi connectivity index (χ2v) is 5.90. The first-order chi connectivity index (χ1) is 10.5. The summed E-state index contributed by atoms with van der Waals surface area (Å²) in [6, 6.07) is 7.58. The van der Waals surface area contributed by atoms with Gasteiger partial charge in [0, 0.05) is 26.0 Å². The Morgan fingerprint density at radius 2 is 2.05 bits per heavy atom. The Bertz CT molecular complexity index is 507. The van der Waals surface area contributed by atoms with Gasteiger partial charge in [-0.3, -0.25) is 9.59 Å². The number of amides is 2. The molecule has 1 aliphatic heterocycles. The monoisotopic (exact) mass is 304 g/mol. The van der Waals surface area contributed by atoms with Gasteiger partial charge in [0.25, 0.3) is 0 Å². The predicted molar refractivity (Wildman–Crippen MR) is 84.3 cm³/mol. The van der Waals surface area contributed by atoms with E-state index in [1.807, 2.05) is 31.2 Å². The highest BCUT2D eigenvalue weighted by Crippen LogP contribution is 2.18. The highest BCUT2D eigenvalue weighted by molar-refractivity contribution is 5.79. The lowest BCUT2D eigenvalue weighted by Crippen LogP contribution is -2.34. The molecule has 0 aromatic heterocycles.